The molecule has 6 nitrogen and oxygen atoms in total. The molecule has 202 valence electrons. The Bertz CT molecular complexity index is 1360. The smallest absolute Gasteiger partial charge is 0.185 e. The highest BCUT2D eigenvalue weighted by molar-refractivity contribution is 7.09. The van der Waals surface area contributed by atoms with E-state index in [9.17, 15) is 9.59 Å². The molecule has 3 aliphatic rings. The molecule has 6 rings (SSSR count). The van der Waals surface area contributed by atoms with Crippen molar-refractivity contribution in [2.24, 2.45) is 17.8 Å². The minimum absolute atomic E-state index is 0.0232. The number of likely N-dealkylation sites (tertiary alicyclic amines) is 1. The summed E-state index contributed by atoms with van der Waals surface area (Å²) in [5, 5.41) is 3.28. The third-order valence-corrected chi connectivity index (χ3v) is 9.01. The van der Waals surface area contributed by atoms with Gasteiger partial charge in [0.1, 0.15) is 17.3 Å². The van der Waals surface area contributed by atoms with Crippen LogP contribution in [0.1, 0.15) is 57.6 Å². The lowest BCUT2D eigenvalue weighted by Crippen LogP contribution is -2.36. The fourth-order valence-corrected chi connectivity index (χ4v) is 6.35. The van der Waals surface area contributed by atoms with Crippen LogP contribution in [0, 0.1) is 17.8 Å². The van der Waals surface area contributed by atoms with E-state index in [1.165, 1.54) is 11.3 Å². The van der Waals surface area contributed by atoms with E-state index in [-0.39, 0.29) is 29.5 Å². The van der Waals surface area contributed by atoms with Crippen LogP contribution in [-0.4, -0.2) is 47.7 Å². The molecule has 3 aromatic rings. The molecule has 8 heteroatoms. The van der Waals surface area contributed by atoms with E-state index in [0.717, 1.165) is 61.6 Å². The molecule has 0 bridgehead atoms. The van der Waals surface area contributed by atoms with E-state index in [1.807, 2.05) is 41.8 Å². The maximum atomic E-state index is 13.0. The molecule has 3 atom stereocenters. The number of allylic oxidation sites excluding steroid dienone is 1. The summed E-state index contributed by atoms with van der Waals surface area (Å²) in [4.78, 5) is 32.8. The van der Waals surface area contributed by atoms with Gasteiger partial charge in [-0.3, -0.25) is 9.59 Å². The first-order chi connectivity index (χ1) is 19.0. The second-order valence-electron chi connectivity index (χ2n) is 10.5. The largest absolute Gasteiger partial charge is 0.485 e. The van der Waals surface area contributed by atoms with E-state index in [1.54, 1.807) is 12.1 Å². The summed E-state index contributed by atoms with van der Waals surface area (Å²) in [5.74, 6) is 2.21. The molecule has 3 unspecified atom stereocenters. The summed E-state index contributed by atoms with van der Waals surface area (Å²) >= 11 is 7.40. The number of fused-ring (bicyclic) bond motifs is 1. The van der Waals surface area contributed by atoms with Gasteiger partial charge in [-0.1, -0.05) is 35.9 Å². The lowest BCUT2D eigenvalue weighted by Gasteiger charge is -2.31. The van der Waals surface area contributed by atoms with Crippen LogP contribution >= 0.6 is 22.9 Å². The quantitative estimate of drug-likeness (QED) is 0.214. The number of aromatic nitrogens is 1. The minimum atomic E-state index is -0.290. The summed E-state index contributed by atoms with van der Waals surface area (Å²) in [6.45, 7) is 3.25. The third-order valence-electron chi connectivity index (χ3n) is 7.82. The maximum absolute atomic E-state index is 13.0. The molecule has 1 aliphatic carbocycles. The second kappa shape index (κ2) is 11.6. The van der Waals surface area contributed by atoms with Gasteiger partial charge in [0, 0.05) is 34.3 Å². The van der Waals surface area contributed by atoms with Crippen molar-refractivity contribution in [3.63, 3.8) is 0 Å². The number of halogens is 1. The van der Waals surface area contributed by atoms with E-state index in [4.69, 9.17) is 21.1 Å². The number of ether oxygens (including phenoxy) is 2. The Hall–Kier alpha value is -3.00. The lowest BCUT2D eigenvalue weighted by molar-refractivity contribution is 0.0841. The SMILES string of the molecule is O=C(c1ccc(Cl)cc1)C1CCN(CC/C=C/C2CC2C(=O)c2csc(C3COc4ccccc4O3)n2)CC1. The normalized spacial score (nSPS) is 23.2. The molecule has 1 saturated heterocycles. The van der Waals surface area contributed by atoms with E-state index >= 15 is 0 Å². The van der Waals surface area contributed by atoms with Gasteiger partial charge in [-0.2, -0.15) is 0 Å². The predicted octanol–water partition coefficient (Wildman–Crippen LogP) is 6.67. The number of benzene rings is 2. The van der Waals surface area contributed by atoms with Crippen LogP contribution in [0.25, 0.3) is 0 Å². The first-order valence-corrected chi connectivity index (χ1v) is 14.9. The summed E-state index contributed by atoms with van der Waals surface area (Å²) in [5.41, 5.74) is 1.29. The highest BCUT2D eigenvalue weighted by Gasteiger charge is 2.42. The average Bonchev–Trinajstić information content (AvgIpc) is 3.58. The summed E-state index contributed by atoms with van der Waals surface area (Å²) < 4.78 is 11.8. The van der Waals surface area contributed by atoms with Crippen LogP contribution in [0.3, 0.4) is 0 Å². The van der Waals surface area contributed by atoms with E-state index in [2.05, 4.69) is 22.0 Å². The van der Waals surface area contributed by atoms with Gasteiger partial charge in [0.25, 0.3) is 0 Å². The highest BCUT2D eigenvalue weighted by Crippen LogP contribution is 2.43. The number of carbonyl (C=O) groups excluding carboxylic acids is 2. The number of rotatable bonds is 9. The number of hydrogen-bond donors (Lipinski definition) is 0. The summed E-state index contributed by atoms with van der Waals surface area (Å²) in [7, 11) is 0. The molecule has 0 amide bonds. The Balaban J connectivity index is 0.921. The molecule has 0 radical (unpaired) electrons. The molecular formula is C31H31ClN2O4S. The number of ketones is 2. The van der Waals surface area contributed by atoms with Gasteiger partial charge in [-0.05, 0) is 81.1 Å². The van der Waals surface area contributed by atoms with Crippen molar-refractivity contribution < 1.29 is 19.1 Å². The van der Waals surface area contributed by atoms with Gasteiger partial charge < -0.3 is 14.4 Å². The molecular weight excluding hydrogens is 532 g/mol. The molecule has 3 heterocycles. The number of para-hydroxylation sites is 2. The van der Waals surface area contributed by atoms with Gasteiger partial charge in [-0.15, -0.1) is 11.3 Å². The van der Waals surface area contributed by atoms with Crippen LogP contribution < -0.4 is 9.47 Å². The third kappa shape index (κ3) is 6.11. The van der Waals surface area contributed by atoms with Crippen molar-refractivity contribution in [2.45, 2.75) is 31.8 Å². The van der Waals surface area contributed by atoms with Gasteiger partial charge in [0.15, 0.2) is 29.2 Å². The van der Waals surface area contributed by atoms with Crippen LogP contribution in [0.15, 0.2) is 66.1 Å². The summed E-state index contributed by atoms with van der Waals surface area (Å²) in [6, 6.07) is 14.8. The topological polar surface area (TPSA) is 68.7 Å². The molecule has 0 spiro atoms. The molecule has 1 aromatic heterocycles. The molecule has 0 N–H and O–H groups in total. The Morgan fingerprint density at radius 3 is 2.62 bits per heavy atom. The standard InChI is InChI=1S/C31H31ClN2O4S/c32-23-10-8-20(9-11-23)29(35)21-12-15-34(16-13-21)14-4-3-5-22-17-24(22)30(36)25-19-39-31(33-25)28-18-37-26-6-1-2-7-27(26)38-28/h1-3,5-11,19,21-22,24,28H,4,12-18H2/b5-3+. The van der Waals surface area contributed by atoms with E-state index < -0.39 is 0 Å². The van der Waals surface area contributed by atoms with Crippen molar-refractivity contribution in [1.29, 1.82) is 0 Å². The number of piperidine rings is 1. The fourth-order valence-electron chi connectivity index (χ4n) is 5.41. The molecule has 1 saturated carbocycles. The first kappa shape index (κ1) is 26.2. The van der Waals surface area contributed by atoms with Crippen molar-refractivity contribution in [2.75, 3.05) is 26.2 Å². The van der Waals surface area contributed by atoms with Crippen molar-refractivity contribution in [3.05, 3.63) is 87.4 Å². The van der Waals surface area contributed by atoms with Crippen LogP contribution in [0.5, 0.6) is 11.5 Å². The Morgan fingerprint density at radius 2 is 1.82 bits per heavy atom. The minimum Gasteiger partial charge on any atom is -0.485 e. The lowest BCUT2D eigenvalue weighted by atomic mass is 9.89. The zero-order valence-corrected chi connectivity index (χ0v) is 23.2. The molecule has 2 aliphatic heterocycles. The first-order valence-electron chi connectivity index (χ1n) is 13.6. The monoisotopic (exact) mass is 562 g/mol. The molecule has 39 heavy (non-hydrogen) atoms. The zero-order chi connectivity index (χ0) is 26.8. The van der Waals surface area contributed by atoms with Crippen LogP contribution in [0.2, 0.25) is 5.02 Å². The Kier molecular flexibility index (Phi) is 7.82. The van der Waals surface area contributed by atoms with E-state index in [0.29, 0.717) is 29.0 Å². The number of Topliss-reactive ketones (excluding diaryl/α,β-unsaturated/α-hetero) is 2. The van der Waals surface area contributed by atoms with Crippen molar-refractivity contribution >= 4 is 34.5 Å². The molecule has 2 aromatic carbocycles. The number of nitrogens with zero attached hydrogens (tertiary/aromatic N) is 2. The number of thiazole rings is 1. The van der Waals surface area contributed by atoms with Gasteiger partial charge in [0.05, 0.1) is 0 Å². The number of hydrogen-bond acceptors (Lipinski definition) is 7. The Morgan fingerprint density at radius 1 is 1.05 bits per heavy atom. The maximum Gasteiger partial charge on any atom is 0.185 e. The summed E-state index contributed by atoms with van der Waals surface area (Å²) in [6.07, 6.45) is 7.74. The zero-order valence-electron chi connectivity index (χ0n) is 21.6. The van der Waals surface area contributed by atoms with Crippen molar-refractivity contribution in [1.82, 2.24) is 9.88 Å². The average molecular weight is 563 g/mol. The van der Waals surface area contributed by atoms with Gasteiger partial charge in [0.2, 0.25) is 0 Å². The fraction of sp³-hybridized carbons (Fsp3) is 0.387. The predicted molar refractivity (Wildman–Crippen MR) is 152 cm³/mol. The second-order valence-corrected chi connectivity index (χ2v) is 11.8. The highest BCUT2D eigenvalue weighted by atomic mass is 35.5. The Labute approximate surface area is 237 Å². The van der Waals surface area contributed by atoms with Gasteiger partial charge in [-0.25, -0.2) is 4.98 Å². The number of carbonyl (C=O) groups is 2. The van der Waals surface area contributed by atoms with Crippen LogP contribution in [0.4, 0.5) is 0 Å². The van der Waals surface area contributed by atoms with Crippen LogP contribution in [-0.2, 0) is 0 Å². The molecule has 2 fully saturated rings. The van der Waals surface area contributed by atoms with Gasteiger partial charge >= 0.3 is 0 Å². The van der Waals surface area contributed by atoms with Crippen molar-refractivity contribution in [3.8, 4) is 11.5 Å².